The smallest absolute Gasteiger partial charge is 0.317 e. The predicted octanol–water partition coefficient (Wildman–Crippen LogP) is 2.04. The van der Waals surface area contributed by atoms with E-state index in [4.69, 9.17) is 9.47 Å². The third-order valence-corrected chi connectivity index (χ3v) is 3.62. The zero-order valence-corrected chi connectivity index (χ0v) is 12.7. The van der Waals surface area contributed by atoms with Gasteiger partial charge in [0.05, 0.1) is 19.8 Å². The Labute approximate surface area is 119 Å². The minimum absolute atomic E-state index is 0.0316. The highest BCUT2D eigenvalue weighted by Crippen LogP contribution is 2.42. The average Bonchev–Trinajstić information content (AvgIpc) is 2.36. The van der Waals surface area contributed by atoms with Crippen LogP contribution in [0.15, 0.2) is 11.3 Å². The first kappa shape index (κ1) is 16.4. The summed E-state index contributed by atoms with van der Waals surface area (Å²) in [5.41, 5.74) is -0.602. The molecule has 1 unspecified atom stereocenters. The van der Waals surface area contributed by atoms with Gasteiger partial charge in [0.1, 0.15) is 11.7 Å². The van der Waals surface area contributed by atoms with Crippen LogP contribution in [-0.4, -0.2) is 31.8 Å². The van der Waals surface area contributed by atoms with Crippen LogP contribution in [0.25, 0.3) is 0 Å². The van der Waals surface area contributed by atoms with E-state index in [0.717, 1.165) is 0 Å². The number of ketones is 2. The number of ether oxygens (including phenoxy) is 2. The van der Waals surface area contributed by atoms with Gasteiger partial charge in [0.15, 0.2) is 11.6 Å². The van der Waals surface area contributed by atoms with Gasteiger partial charge < -0.3 is 9.47 Å². The van der Waals surface area contributed by atoms with E-state index < -0.39 is 23.1 Å². The Morgan fingerprint density at radius 3 is 2.35 bits per heavy atom. The van der Waals surface area contributed by atoms with Gasteiger partial charge in [-0.1, -0.05) is 20.8 Å². The summed E-state index contributed by atoms with van der Waals surface area (Å²) in [4.78, 5) is 36.6. The molecule has 0 aromatic heterocycles. The summed E-state index contributed by atoms with van der Waals surface area (Å²) >= 11 is 0. The van der Waals surface area contributed by atoms with Crippen LogP contribution in [0.3, 0.4) is 0 Å². The van der Waals surface area contributed by atoms with Gasteiger partial charge in [-0.3, -0.25) is 14.4 Å². The van der Waals surface area contributed by atoms with Crippen molar-refractivity contribution in [3.8, 4) is 0 Å². The van der Waals surface area contributed by atoms with Crippen LogP contribution in [0.4, 0.5) is 0 Å². The third kappa shape index (κ3) is 2.92. The topological polar surface area (TPSA) is 69.7 Å². The lowest BCUT2D eigenvalue weighted by atomic mass is 9.67. The van der Waals surface area contributed by atoms with Gasteiger partial charge in [-0.05, 0) is 11.8 Å². The number of methoxy groups -OCH3 is 2. The summed E-state index contributed by atoms with van der Waals surface area (Å²) in [5.74, 6) is -1.93. The number of Topliss-reactive ketones (excluding diaryl/α,β-unsaturated/α-hetero) is 2. The lowest BCUT2D eigenvalue weighted by molar-refractivity contribution is -0.154. The largest absolute Gasteiger partial charge is 0.500 e. The lowest BCUT2D eigenvalue weighted by Crippen LogP contribution is -2.44. The molecule has 0 heterocycles. The van der Waals surface area contributed by atoms with Gasteiger partial charge in [0.25, 0.3) is 0 Å². The highest BCUT2D eigenvalue weighted by Gasteiger charge is 2.49. The molecule has 0 fully saturated rings. The van der Waals surface area contributed by atoms with Crippen LogP contribution in [0.1, 0.15) is 40.0 Å². The van der Waals surface area contributed by atoms with Crippen LogP contribution in [0.2, 0.25) is 0 Å². The van der Waals surface area contributed by atoms with Crippen molar-refractivity contribution in [2.45, 2.75) is 40.0 Å². The Morgan fingerprint density at radius 2 is 1.90 bits per heavy atom. The molecular weight excluding hydrogens is 260 g/mol. The summed E-state index contributed by atoms with van der Waals surface area (Å²) in [5, 5.41) is 0. The van der Waals surface area contributed by atoms with E-state index in [1.54, 1.807) is 13.8 Å². The van der Waals surface area contributed by atoms with Crippen LogP contribution in [0, 0.1) is 11.3 Å². The number of carbonyl (C=O) groups excluding carboxylic acids is 3. The molecule has 0 aromatic rings. The van der Waals surface area contributed by atoms with Gasteiger partial charge in [-0.15, -0.1) is 0 Å². The van der Waals surface area contributed by atoms with E-state index in [1.807, 2.05) is 6.92 Å². The molecule has 20 heavy (non-hydrogen) atoms. The fourth-order valence-electron chi connectivity index (χ4n) is 2.60. The fraction of sp³-hybridized carbons (Fsp3) is 0.667. The molecule has 0 N–H and O–H groups in total. The van der Waals surface area contributed by atoms with Crippen molar-refractivity contribution in [1.29, 1.82) is 0 Å². The van der Waals surface area contributed by atoms with E-state index in [1.165, 1.54) is 14.2 Å². The molecule has 1 aliphatic carbocycles. The van der Waals surface area contributed by atoms with Crippen LogP contribution in [-0.2, 0) is 23.9 Å². The van der Waals surface area contributed by atoms with E-state index >= 15 is 0 Å². The summed E-state index contributed by atoms with van der Waals surface area (Å²) in [6, 6.07) is 0. The molecule has 0 aliphatic heterocycles. The SMILES string of the molecule is CCCC(=O)C1=C(OC)CC(C)(C)C(C(=O)OC)C1=O. The summed E-state index contributed by atoms with van der Waals surface area (Å²) in [6.45, 7) is 5.46. The van der Waals surface area contributed by atoms with Crippen molar-refractivity contribution in [3.05, 3.63) is 11.3 Å². The monoisotopic (exact) mass is 282 g/mol. The number of rotatable bonds is 5. The summed E-state index contributed by atoms with van der Waals surface area (Å²) in [7, 11) is 2.69. The quantitative estimate of drug-likeness (QED) is 0.438. The minimum Gasteiger partial charge on any atom is -0.500 e. The Hall–Kier alpha value is -1.65. The highest BCUT2D eigenvalue weighted by atomic mass is 16.5. The van der Waals surface area contributed by atoms with Crippen molar-refractivity contribution in [1.82, 2.24) is 0 Å². The first-order valence-corrected chi connectivity index (χ1v) is 6.72. The van der Waals surface area contributed by atoms with Gasteiger partial charge >= 0.3 is 5.97 Å². The number of carbonyl (C=O) groups is 3. The molecule has 1 aliphatic rings. The number of esters is 1. The van der Waals surface area contributed by atoms with Gasteiger partial charge in [-0.2, -0.15) is 0 Å². The fourth-order valence-corrected chi connectivity index (χ4v) is 2.60. The second kappa shape index (κ2) is 6.20. The molecule has 0 spiro atoms. The Morgan fingerprint density at radius 1 is 1.30 bits per heavy atom. The Kier molecular flexibility index (Phi) is 5.09. The van der Waals surface area contributed by atoms with Gasteiger partial charge in [0.2, 0.25) is 0 Å². The third-order valence-electron chi connectivity index (χ3n) is 3.62. The lowest BCUT2D eigenvalue weighted by Gasteiger charge is -2.36. The maximum Gasteiger partial charge on any atom is 0.317 e. The van der Waals surface area contributed by atoms with E-state index in [2.05, 4.69) is 0 Å². The van der Waals surface area contributed by atoms with Crippen LogP contribution in [0.5, 0.6) is 0 Å². The summed E-state index contributed by atoms with van der Waals surface area (Å²) < 4.78 is 9.94. The molecule has 0 saturated heterocycles. The van der Waals surface area contributed by atoms with Crippen molar-refractivity contribution in [3.63, 3.8) is 0 Å². The van der Waals surface area contributed by atoms with E-state index in [0.29, 0.717) is 18.6 Å². The van der Waals surface area contributed by atoms with Gasteiger partial charge in [0, 0.05) is 12.8 Å². The molecule has 0 amide bonds. The first-order chi connectivity index (χ1) is 9.30. The minimum atomic E-state index is -0.956. The van der Waals surface area contributed by atoms with Crippen molar-refractivity contribution in [2.24, 2.45) is 11.3 Å². The van der Waals surface area contributed by atoms with E-state index in [9.17, 15) is 14.4 Å². The Balaban J connectivity index is 3.32. The maximum absolute atomic E-state index is 12.6. The molecule has 1 atom stereocenters. The number of hydrogen-bond acceptors (Lipinski definition) is 5. The second-order valence-corrected chi connectivity index (χ2v) is 5.66. The normalized spacial score (nSPS) is 21.6. The zero-order chi connectivity index (χ0) is 15.5. The van der Waals surface area contributed by atoms with Crippen LogP contribution >= 0.6 is 0 Å². The molecule has 112 valence electrons. The molecular formula is C15H22O5. The zero-order valence-electron chi connectivity index (χ0n) is 12.7. The maximum atomic E-state index is 12.6. The number of hydrogen-bond donors (Lipinski definition) is 0. The first-order valence-electron chi connectivity index (χ1n) is 6.72. The Bertz CT molecular complexity index is 459. The van der Waals surface area contributed by atoms with Crippen LogP contribution < -0.4 is 0 Å². The average molecular weight is 282 g/mol. The molecule has 0 radical (unpaired) electrons. The molecule has 0 saturated carbocycles. The van der Waals surface area contributed by atoms with Crippen molar-refractivity contribution >= 4 is 17.5 Å². The van der Waals surface area contributed by atoms with Crippen molar-refractivity contribution < 1.29 is 23.9 Å². The standard InChI is InChI=1S/C15H22O5/c1-6-7-9(16)11-10(19-4)8-15(2,3)12(13(11)17)14(18)20-5/h12H,6-8H2,1-5H3. The second-order valence-electron chi connectivity index (χ2n) is 5.66. The molecule has 0 aromatic carbocycles. The van der Waals surface area contributed by atoms with E-state index in [-0.39, 0.29) is 17.8 Å². The molecule has 5 heteroatoms. The molecule has 5 nitrogen and oxygen atoms in total. The molecule has 0 bridgehead atoms. The number of allylic oxidation sites excluding steroid dienone is 2. The predicted molar refractivity (Wildman–Crippen MR) is 72.9 cm³/mol. The molecule has 1 rings (SSSR count). The highest BCUT2D eigenvalue weighted by molar-refractivity contribution is 6.25. The summed E-state index contributed by atoms with van der Waals surface area (Å²) in [6.07, 6.45) is 1.26. The van der Waals surface area contributed by atoms with Gasteiger partial charge in [-0.25, -0.2) is 0 Å². The van der Waals surface area contributed by atoms with Crippen molar-refractivity contribution in [2.75, 3.05) is 14.2 Å².